The van der Waals surface area contributed by atoms with Gasteiger partial charge in [-0.25, -0.2) is 4.39 Å². The molecular weight excluding hydrogens is 299 g/mol. The van der Waals surface area contributed by atoms with E-state index in [0.29, 0.717) is 10.2 Å². The zero-order valence-corrected chi connectivity index (χ0v) is 12.0. The number of halogens is 2. The topological polar surface area (TPSA) is 52.9 Å². The van der Waals surface area contributed by atoms with Gasteiger partial charge in [-0.05, 0) is 46.5 Å². The summed E-state index contributed by atoms with van der Waals surface area (Å²) in [5, 5.41) is 11.5. The van der Waals surface area contributed by atoms with E-state index in [1.165, 1.54) is 6.07 Å². The third-order valence-electron chi connectivity index (χ3n) is 2.61. The Bertz CT molecular complexity index is 508. The highest BCUT2D eigenvalue weighted by Gasteiger charge is 2.22. The van der Waals surface area contributed by atoms with Gasteiger partial charge < -0.3 is 5.32 Å². The van der Waals surface area contributed by atoms with Crippen LogP contribution in [0.25, 0.3) is 0 Å². The van der Waals surface area contributed by atoms with Crippen molar-refractivity contribution in [2.75, 3.05) is 5.32 Å². The highest BCUT2D eigenvalue weighted by molar-refractivity contribution is 9.10. The van der Waals surface area contributed by atoms with Crippen molar-refractivity contribution in [3.63, 3.8) is 0 Å². The minimum atomic E-state index is -0.740. The molecule has 0 saturated heterocycles. The largest absolute Gasteiger partial charge is 0.325 e. The number of aryl methyl sites for hydroxylation is 1. The van der Waals surface area contributed by atoms with Gasteiger partial charge in [0, 0.05) is 5.69 Å². The molecule has 0 fully saturated rings. The maximum atomic E-state index is 13.4. The number of carbonyl (C=O) groups is 1. The number of carbonyl (C=O) groups excluding carboxylic acids is 1. The van der Waals surface area contributed by atoms with Gasteiger partial charge in [0.05, 0.1) is 10.5 Å². The molecule has 1 rings (SSSR count). The van der Waals surface area contributed by atoms with Gasteiger partial charge in [-0.15, -0.1) is 0 Å². The van der Waals surface area contributed by atoms with Gasteiger partial charge in [0.1, 0.15) is 11.7 Å². The number of benzene rings is 1. The summed E-state index contributed by atoms with van der Waals surface area (Å²) in [7, 11) is 0. The van der Waals surface area contributed by atoms with Crippen LogP contribution in [-0.4, -0.2) is 5.91 Å². The normalized spacial score (nSPS) is 12.1. The molecule has 0 saturated carbocycles. The number of hydrogen-bond acceptors (Lipinski definition) is 2. The molecule has 1 unspecified atom stereocenters. The fourth-order valence-electron chi connectivity index (χ4n) is 1.50. The first-order chi connectivity index (χ1) is 8.36. The van der Waals surface area contributed by atoms with E-state index >= 15 is 0 Å². The van der Waals surface area contributed by atoms with Crippen LogP contribution >= 0.6 is 15.9 Å². The molecule has 1 aromatic rings. The summed E-state index contributed by atoms with van der Waals surface area (Å²) in [5.41, 5.74) is 1.12. The summed E-state index contributed by atoms with van der Waals surface area (Å²) in [6.45, 7) is 5.35. The van der Waals surface area contributed by atoms with Gasteiger partial charge in [0.15, 0.2) is 0 Å². The molecule has 0 spiro atoms. The molecule has 0 aromatic heterocycles. The summed E-state index contributed by atoms with van der Waals surface area (Å²) in [6.07, 6.45) is 0. The minimum Gasteiger partial charge on any atom is -0.325 e. The van der Waals surface area contributed by atoms with Crippen LogP contribution in [0.2, 0.25) is 0 Å². The van der Waals surface area contributed by atoms with E-state index in [9.17, 15) is 9.18 Å². The van der Waals surface area contributed by atoms with Crippen LogP contribution in [0.15, 0.2) is 16.6 Å². The summed E-state index contributed by atoms with van der Waals surface area (Å²) < 4.78 is 13.7. The highest BCUT2D eigenvalue weighted by atomic mass is 79.9. The van der Waals surface area contributed by atoms with Crippen molar-refractivity contribution in [3.05, 3.63) is 28.0 Å². The summed E-state index contributed by atoms with van der Waals surface area (Å²) >= 11 is 3.07. The number of hydrogen-bond donors (Lipinski definition) is 1. The molecule has 5 heteroatoms. The third kappa shape index (κ3) is 3.30. The predicted molar refractivity (Wildman–Crippen MR) is 71.4 cm³/mol. The molecule has 0 radical (unpaired) electrons. The van der Waals surface area contributed by atoms with Crippen molar-refractivity contribution in [2.45, 2.75) is 20.8 Å². The van der Waals surface area contributed by atoms with Crippen LogP contribution in [0.4, 0.5) is 10.1 Å². The highest BCUT2D eigenvalue weighted by Crippen LogP contribution is 2.24. The monoisotopic (exact) mass is 312 g/mol. The fourth-order valence-corrected chi connectivity index (χ4v) is 1.96. The standard InChI is InChI=1S/C13H14BrFN2O/c1-7(2)9(6-16)13(18)17-12-5-11(15)10(14)4-8(12)3/h4-5,7,9H,1-3H3,(H,17,18). The van der Waals surface area contributed by atoms with Crippen LogP contribution in [0.5, 0.6) is 0 Å². The number of amides is 1. The van der Waals surface area contributed by atoms with Gasteiger partial charge in [0.2, 0.25) is 5.91 Å². The molecule has 0 bridgehead atoms. The average Bonchev–Trinajstić information content (AvgIpc) is 2.26. The molecule has 18 heavy (non-hydrogen) atoms. The lowest BCUT2D eigenvalue weighted by molar-refractivity contribution is -0.119. The second-order valence-corrected chi connectivity index (χ2v) is 5.28. The number of nitrogens with zero attached hydrogens (tertiary/aromatic N) is 1. The van der Waals surface area contributed by atoms with Crippen LogP contribution in [0, 0.1) is 35.9 Å². The first-order valence-electron chi connectivity index (χ1n) is 5.53. The van der Waals surface area contributed by atoms with Crippen molar-refractivity contribution in [3.8, 4) is 6.07 Å². The SMILES string of the molecule is Cc1cc(Br)c(F)cc1NC(=O)C(C#N)C(C)C. The van der Waals surface area contributed by atoms with Gasteiger partial charge in [0.25, 0.3) is 0 Å². The number of nitriles is 1. The Morgan fingerprint density at radius 1 is 1.50 bits per heavy atom. The van der Waals surface area contributed by atoms with E-state index in [1.807, 2.05) is 6.07 Å². The summed E-state index contributed by atoms with van der Waals surface area (Å²) in [6, 6.07) is 4.78. The van der Waals surface area contributed by atoms with Gasteiger partial charge >= 0.3 is 0 Å². The quantitative estimate of drug-likeness (QED) is 0.926. The Hall–Kier alpha value is -1.41. The van der Waals surface area contributed by atoms with Crippen LogP contribution < -0.4 is 5.32 Å². The molecule has 96 valence electrons. The van der Waals surface area contributed by atoms with Crippen molar-refractivity contribution in [2.24, 2.45) is 11.8 Å². The minimum absolute atomic E-state index is 0.0874. The lowest BCUT2D eigenvalue weighted by Crippen LogP contribution is -2.26. The second-order valence-electron chi connectivity index (χ2n) is 4.42. The van der Waals surface area contributed by atoms with Crippen molar-refractivity contribution in [1.29, 1.82) is 5.26 Å². The lowest BCUT2D eigenvalue weighted by Gasteiger charge is -2.14. The Balaban J connectivity index is 2.95. The first-order valence-corrected chi connectivity index (χ1v) is 6.32. The van der Waals surface area contributed by atoms with E-state index in [2.05, 4.69) is 21.2 Å². The van der Waals surface area contributed by atoms with E-state index in [-0.39, 0.29) is 5.92 Å². The number of rotatable bonds is 3. The Morgan fingerprint density at radius 2 is 2.11 bits per heavy atom. The van der Waals surface area contributed by atoms with E-state index in [4.69, 9.17) is 5.26 Å². The maximum Gasteiger partial charge on any atom is 0.242 e. The Labute approximate surface area is 114 Å². The molecule has 0 heterocycles. The smallest absolute Gasteiger partial charge is 0.242 e. The van der Waals surface area contributed by atoms with Gasteiger partial charge in [-0.3, -0.25) is 4.79 Å². The van der Waals surface area contributed by atoms with Gasteiger partial charge in [-0.2, -0.15) is 5.26 Å². The molecule has 1 aromatic carbocycles. The van der Waals surface area contributed by atoms with Crippen molar-refractivity contribution < 1.29 is 9.18 Å². The predicted octanol–water partition coefficient (Wildman–Crippen LogP) is 3.63. The number of anilines is 1. The zero-order chi connectivity index (χ0) is 13.9. The van der Waals surface area contributed by atoms with Crippen LogP contribution in [-0.2, 0) is 4.79 Å². The zero-order valence-electron chi connectivity index (χ0n) is 10.4. The van der Waals surface area contributed by atoms with Gasteiger partial charge in [-0.1, -0.05) is 13.8 Å². The average molecular weight is 313 g/mol. The molecule has 0 aliphatic rings. The van der Waals surface area contributed by atoms with E-state index in [1.54, 1.807) is 26.8 Å². The Kier molecular flexibility index (Phi) is 4.85. The summed E-state index contributed by atoms with van der Waals surface area (Å²) in [5.74, 6) is -1.68. The molecular formula is C13H14BrFN2O. The molecule has 0 aliphatic heterocycles. The fraction of sp³-hybridized carbons (Fsp3) is 0.385. The second kappa shape index (κ2) is 5.96. The molecule has 1 atom stereocenters. The van der Waals surface area contributed by atoms with Crippen molar-refractivity contribution in [1.82, 2.24) is 0 Å². The Morgan fingerprint density at radius 3 is 2.61 bits per heavy atom. The summed E-state index contributed by atoms with van der Waals surface area (Å²) in [4.78, 5) is 11.9. The van der Waals surface area contributed by atoms with Crippen LogP contribution in [0.1, 0.15) is 19.4 Å². The molecule has 1 N–H and O–H groups in total. The molecule has 1 amide bonds. The van der Waals surface area contributed by atoms with E-state index in [0.717, 1.165) is 5.56 Å². The number of nitrogens with one attached hydrogen (secondary N) is 1. The third-order valence-corrected chi connectivity index (χ3v) is 3.22. The maximum absolute atomic E-state index is 13.4. The van der Waals surface area contributed by atoms with E-state index < -0.39 is 17.6 Å². The van der Waals surface area contributed by atoms with Crippen molar-refractivity contribution >= 4 is 27.5 Å². The first kappa shape index (κ1) is 14.7. The lowest BCUT2D eigenvalue weighted by atomic mass is 9.96. The molecule has 0 aliphatic carbocycles. The van der Waals surface area contributed by atoms with Crippen LogP contribution in [0.3, 0.4) is 0 Å². The molecule has 3 nitrogen and oxygen atoms in total.